The van der Waals surface area contributed by atoms with E-state index in [1.807, 2.05) is 13.8 Å². The zero-order valence-corrected chi connectivity index (χ0v) is 11.8. The first-order valence-corrected chi connectivity index (χ1v) is 6.60. The van der Waals surface area contributed by atoms with Crippen LogP contribution in [0.1, 0.15) is 42.1 Å². The number of hydrogen-bond donors (Lipinski definition) is 2. The largest absolute Gasteiger partial charge is 0.481 e. The highest BCUT2D eigenvalue weighted by atomic mass is 35.5. The van der Waals surface area contributed by atoms with Crippen LogP contribution in [0.5, 0.6) is 0 Å². The number of carbonyl (C=O) groups is 2. The minimum Gasteiger partial charge on any atom is -0.481 e. The van der Waals surface area contributed by atoms with Gasteiger partial charge in [0.25, 0.3) is 5.91 Å². The third-order valence-corrected chi connectivity index (χ3v) is 2.92. The summed E-state index contributed by atoms with van der Waals surface area (Å²) in [6, 6.07) is 4.71. The Morgan fingerprint density at radius 3 is 2.58 bits per heavy atom. The molecule has 19 heavy (non-hydrogen) atoms. The highest BCUT2D eigenvalue weighted by Gasteiger charge is 2.16. The monoisotopic (exact) mass is 283 g/mol. The van der Waals surface area contributed by atoms with Crippen LogP contribution in [-0.2, 0) is 4.79 Å². The fraction of sp³-hybridized carbons (Fsp3) is 0.429. The summed E-state index contributed by atoms with van der Waals surface area (Å²) >= 11 is 5.90. The Labute approximate surface area is 117 Å². The lowest BCUT2D eigenvalue weighted by Crippen LogP contribution is -2.36. The Morgan fingerprint density at radius 2 is 2.05 bits per heavy atom. The number of aryl methyl sites for hydroxylation is 1. The highest BCUT2D eigenvalue weighted by Crippen LogP contribution is 2.15. The first kappa shape index (κ1) is 15.5. The Morgan fingerprint density at radius 1 is 1.37 bits per heavy atom. The van der Waals surface area contributed by atoms with Crippen LogP contribution in [0.4, 0.5) is 0 Å². The van der Waals surface area contributed by atoms with Crippen LogP contribution in [0.15, 0.2) is 18.2 Å². The zero-order chi connectivity index (χ0) is 14.4. The smallest absolute Gasteiger partial charge is 0.305 e. The Kier molecular flexibility index (Phi) is 5.83. The molecule has 0 fully saturated rings. The number of benzene rings is 1. The SMILES string of the molecule is CCCC(CC(=O)O)NC(=O)c1cc(C)cc(Cl)c1. The number of halogens is 1. The van der Waals surface area contributed by atoms with E-state index in [9.17, 15) is 9.59 Å². The van der Waals surface area contributed by atoms with Crippen molar-refractivity contribution in [3.8, 4) is 0 Å². The van der Waals surface area contributed by atoms with Crippen LogP contribution in [0, 0.1) is 6.92 Å². The lowest BCUT2D eigenvalue weighted by molar-refractivity contribution is -0.137. The van der Waals surface area contributed by atoms with E-state index in [1.54, 1.807) is 18.2 Å². The van der Waals surface area contributed by atoms with Gasteiger partial charge in [0.1, 0.15) is 0 Å². The highest BCUT2D eigenvalue weighted by molar-refractivity contribution is 6.31. The average Bonchev–Trinajstić information content (AvgIpc) is 2.26. The lowest BCUT2D eigenvalue weighted by atomic mass is 10.1. The number of aliphatic carboxylic acids is 1. The average molecular weight is 284 g/mol. The van der Waals surface area contributed by atoms with E-state index in [2.05, 4.69) is 5.32 Å². The summed E-state index contributed by atoms with van der Waals surface area (Å²) in [7, 11) is 0. The van der Waals surface area contributed by atoms with Crippen molar-refractivity contribution in [1.82, 2.24) is 5.32 Å². The molecule has 0 heterocycles. The van der Waals surface area contributed by atoms with E-state index in [0.29, 0.717) is 17.0 Å². The molecule has 1 unspecified atom stereocenters. The van der Waals surface area contributed by atoms with Gasteiger partial charge in [-0.05, 0) is 37.1 Å². The van der Waals surface area contributed by atoms with Crippen molar-refractivity contribution in [2.75, 3.05) is 0 Å². The molecule has 0 aliphatic rings. The number of hydrogen-bond acceptors (Lipinski definition) is 2. The van der Waals surface area contributed by atoms with Gasteiger partial charge in [-0.3, -0.25) is 9.59 Å². The Bertz CT molecular complexity index is 454. The molecule has 104 valence electrons. The maximum absolute atomic E-state index is 12.1. The van der Waals surface area contributed by atoms with Crippen molar-refractivity contribution in [3.05, 3.63) is 34.3 Å². The van der Waals surface area contributed by atoms with E-state index in [4.69, 9.17) is 16.7 Å². The van der Waals surface area contributed by atoms with Crippen LogP contribution in [0.2, 0.25) is 5.02 Å². The molecule has 2 N–H and O–H groups in total. The van der Waals surface area contributed by atoms with Gasteiger partial charge >= 0.3 is 5.97 Å². The lowest BCUT2D eigenvalue weighted by Gasteiger charge is -2.16. The van der Waals surface area contributed by atoms with Gasteiger partial charge in [0.2, 0.25) is 0 Å². The molecule has 0 spiro atoms. The third-order valence-electron chi connectivity index (χ3n) is 2.70. The minimum absolute atomic E-state index is 0.0703. The summed E-state index contributed by atoms with van der Waals surface area (Å²) in [5, 5.41) is 12.0. The van der Waals surface area contributed by atoms with Crippen LogP contribution in [-0.4, -0.2) is 23.0 Å². The third kappa shape index (κ3) is 5.30. The topological polar surface area (TPSA) is 66.4 Å². The summed E-state index contributed by atoms with van der Waals surface area (Å²) < 4.78 is 0. The van der Waals surface area contributed by atoms with Crippen molar-refractivity contribution < 1.29 is 14.7 Å². The molecule has 0 aromatic heterocycles. The van der Waals surface area contributed by atoms with E-state index in [-0.39, 0.29) is 18.4 Å². The van der Waals surface area contributed by atoms with Gasteiger partial charge < -0.3 is 10.4 Å². The van der Waals surface area contributed by atoms with Gasteiger partial charge in [0, 0.05) is 16.6 Å². The van der Waals surface area contributed by atoms with Crippen LogP contribution < -0.4 is 5.32 Å². The van der Waals surface area contributed by atoms with Gasteiger partial charge in [0.05, 0.1) is 6.42 Å². The summed E-state index contributed by atoms with van der Waals surface area (Å²) in [4.78, 5) is 22.8. The standard InChI is InChI=1S/C14H18ClNO3/c1-3-4-12(8-13(17)18)16-14(19)10-5-9(2)6-11(15)7-10/h5-7,12H,3-4,8H2,1-2H3,(H,16,19)(H,17,18). The molecule has 0 saturated carbocycles. The molecule has 0 aliphatic carbocycles. The molecular weight excluding hydrogens is 266 g/mol. The number of carbonyl (C=O) groups excluding carboxylic acids is 1. The molecule has 1 aromatic carbocycles. The molecule has 0 bridgehead atoms. The number of carboxylic acids is 1. The summed E-state index contributed by atoms with van der Waals surface area (Å²) in [5.41, 5.74) is 1.35. The molecule has 0 aliphatic heterocycles. The second kappa shape index (κ2) is 7.14. The molecule has 1 rings (SSSR count). The van der Waals surface area contributed by atoms with Gasteiger partial charge in [0.15, 0.2) is 0 Å². The molecule has 1 amide bonds. The van der Waals surface area contributed by atoms with Gasteiger partial charge in [-0.25, -0.2) is 0 Å². The zero-order valence-electron chi connectivity index (χ0n) is 11.1. The van der Waals surface area contributed by atoms with Crippen molar-refractivity contribution in [1.29, 1.82) is 0 Å². The fourth-order valence-electron chi connectivity index (χ4n) is 1.92. The molecule has 1 atom stereocenters. The second-order valence-corrected chi connectivity index (χ2v) is 5.01. The number of carboxylic acid groups (broad SMARTS) is 1. The second-order valence-electron chi connectivity index (χ2n) is 4.57. The summed E-state index contributed by atoms with van der Waals surface area (Å²) in [6.07, 6.45) is 1.38. The molecule has 4 nitrogen and oxygen atoms in total. The van der Waals surface area contributed by atoms with Gasteiger partial charge in [-0.2, -0.15) is 0 Å². The van der Waals surface area contributed by atoms with Crippen LogP contribution in [0.3, 0.4) is 0 Å². The van der Waals surface area contributed by atoms with E-state index in [1.165, 1.54) is 0 Å². The number of rotatable bonds is 6. The molecule has 0 saturated heterocycles. The van der Waals surface area contributed by atoms with Gasteiger partial charge in [-0.15, -0.1) is 0 Å². The van der Waals surface area contributed by atoms with Crippen molar-refractivity contribution in [3.63, 3.8) is 0 Å². The molecule has 1 aromatic rings. The molecular formula is C14H18ClNO3. The molecule has 0 radical (unpaired) electrons. The summed E-state index contributed by atoms with van der Waals surface area (Å²) in [6.45, 7) is 3.80. The van der Waals surface area contributed by atoms with Gasteiger partial charge in [-0.1, -0.05) is 24.9 Å². The van der Waals surface area contributed by atoms with E-state index in [0.717, 1.165) is 12.0 Å². The maximum atomic E-state index is 12.1. The summed E-state index contributed by atoms with van der Waals surface area (Å²) in [5.74, 6) is -1.20. The predicted molar refractivity (Wildman–Crippen MR) is 74.6 cm³/mol. The van der Waals surface area contributed by atoms with Crippen LogP contribution >= 0.6 is 11.6 Å². The minimum atomic E-state index is -0.916. The first-order chi connectivity index (χ1) is 8.92. The van der Waals surface area contributed by atoms with Crippen molar-refractivity contribution in [2.45, 2.75) is 39.2 Å². The predicted octanol–water partition coefficient (Wildman–Crippen LogP) is 3.02. The normalized spacial score (nSPS) is 11.9. The maximum Gasteiger partial charge on any atom is 0.305 e. The van der Waals surface area contributed by atoms with E-state index >= 15 is 0 Å². The van der Waals surface area contributed by atoms with Crippen LogP contribution in [0.25, 0.3) is 0 Å². The Balaban J connectivity index is 2.77. The first-order valence-electron chi connectivity index (χ1n) is 6.22. The quantitative estimate of drug-likeness (QED) is 0.843. The van der Waals surface area contributed by atoms with Crippen molar-refractivity contribution >= 4 is 23.5 Å². The molecule has 5 heteroatoms. The van der Waals surface area contributed by atoms with Crippen molar-refractivity contribution in [2.24, 2.45) is 0 Å². The number of nitrogens with one attached hydrogen (secondary N) is 1. The van der Waals surface area contributed by atoms with E-state index < -0.39 is 5.97 Å². The Hall–Kier alpha value is -1.55. The fourth-order valence-corrected chi connectivity index (χ4v) is 2.21. The number of amides is 1.